The third-order valence-corrected chi connectivity index (χ3v) is 4.76. The molecule has 1 amide bonds. The van der Waals surface area contributed by atoms with Crippen LogP contribution in [0, 0.1) is 10.1 Å². The topological polar surface area (TPSA) is 110 Å². The molecule has 0 aliphatic rings. The van der Waals surface area contributed by atoms with Crippen LogP contribution in [0.4, 0.5) is 11.4 Å². The summed E-state index contributed by atoms with van der Waals surface area (Å²) in [6.45, 7) is 0.744. The second-order valence-electron chi connectivity index (χ2n) is 5.96. The van der Waals surface area contributed by atoms with Gasteiger partial charge in [-0.2, -0.15) is 0 Å². The molecule has 0 radical (unpaired) electrons. The monoisotopic (exact) mass is 397 g/mol. The van der Waals surface area contributed by atoms with Gasteiger partial charge in [0.1, 0.15) is 5.69 Å². The maximum atomic E-state index is 12.1. The summed E-state index contributed by atoms with van der Waals surface area (Å²) in [5.41, 5.74) is 2.10. The number of pyridine rings is 1. The van der Waals surface area contributed by atoms with Gasteiger partial charge in [0.25, 0.3) is 5.69 Å². The van der Waals surface area contributed by atoms with Crippen LogP contribution in [0.3, 0.4) is 0 Å². The number of aromatic nitrogens is 2. The van der Waals surface area contributed by atoms with E-state index in [9.17, 15) is 14.9 Å². The molecule has 1 aromatic carbocycles. The Bertz CT molecular complexity index is 946. The second kappa shape index (κ2) is 9.56. The highest BCUT2D eigenvalue weighted by Gasteiger charge is 2.12. The standard InChI is InChI=1S/C19H19N5O3S/c25-18(22-10-9-21-16-6-1-2-7-17(16)24(26)27)11-15-13-28-19(23-15)12-14-5-3-4-8-20-14/h1-8,13,21H,9-12H2,(H,22,25). The van der Waals surface area contributed by atoms with Crippen molar-refractivity contribution in [1.82, 2.24) is 15.3 Å². The van der Waals surface area contributed by atoms with Crippen LogP contribution in [0.5, 0.6) is 0 Å². The Kier molecular flexibility index (Phi) is 6.64. The number of nitrogens with one attached hydrogen (secondary N) is 2. The Morgan fingerprint density at radius 1 is 1.11 bits per heavy atom. The van der Waals surface area contributed by atoms with Crippen LogP contribution in [0.1, 0.15) is 16.4 Å². The van der Waals surface area contributed by atoms with E-state index in [-0.39, 0.29) is 18.0 Å². The van der Waals surface area contributed by atoms with E-state index < -0.39 is 4.92 Å². The Labute approximate surface area is 165 Å². The smallest absolute Gasteiger partial charge is 0.292 e. The van der Waals surface area contributed by atoms with Gasteiger partial charge >= 0.3 is 0 Å². The first-order valence-corrected chi connectivity index (χ1v) is 9.57. The van der Waals surface area contributed by atoms with Gasteiger partial charge in [-0.1, -0.05) is 18.2 Å². The van der Waals surface area contributed by atoms with E-state index >= 15 is 0 Å². The Hall–Kier alpha value is -3.33. The van der Waals surface area contributed by atoms with Crippen molar-refractivity contribution in [2.75, 3.05) is 18.4 Å². The molecular weight excluding hydrogens is 378 g/mol. The first-order valence-electron chi connectivity index (χ1n) is 8.69. The number of rotatable bonds is 9. The Balaban J connectivity index is 1.42. The molecule has 0 unspecified atom stereocenters. The van der Waals surface area contributed by atoms with Gasteiger partial charge in [0, 0.05) is 42.8 Å². The van der Waals surface area contributed by atoms with E-state index in [0.717, 1.165) is 16.4 Å². The van der Waals surface area contributed by atoms with Crippen molar-refractivity contribution in [1.29, 1.82) is 0 Å². The Morgan fingerprint density at radius 3 is 2.71 bits per heavy atom. The van der Waals surface area contributed by atoms with Gasteiger partial charge < -0.3 is 10.6 Å². The number of nitro groups is 1. The molecule has 0 spiro atoms. The minimum atomic E-state index is -0.439. The predicted octanol–water partition coefficient (Wildman–Crippen LogP) is 2.81. The largest absolute Gasteiger partial charge is 0.378 e. The lowest BCUT2D eigenvalue weighted by molar-refractivity contribution is -0.384. The number of thiazole rings is 1. The number of nitrogens with zero attached hydrogens (tertiary/aromatic N) is 3. The summed E-state index contributed by atoms with van der Waals surface area (Å²) in [7, 11) is 0. The van der Waals surface area contributed by atoms with Crippen LogP contribution in [0.15, 0.2) is 54.0 Å². The Morgan fingerprint density at radius 2 is 1.93 bits per heavy atom. The molecule has 0 saturated carbocycles. The van der Waals surface area contributed by atoms with Crippen LogP contribution in [0.25, 0.3) is 0 Å². The number of amides is 1. The fourth-order valence-corrected chi connectivity index (χ4v) is 3.39. The molecule has 0 saturated heterocycles. The number of hydrogen-bond donors (Lipinski definition) is 2. The zero-order valence-electron chi connectivity index (χ0n) is 15.0. The summed E-state index contributed by atoms with van der Waals surface area (Å²) in [6.07, 6.45) is 2.59. The molecule has 9 heteroatoms. The average Bonchev–Trinajstić information content (AvgIpc) is 3.13. The summed E-state index contributed by atoms with van der Waals surface area (Å²) in [6, 6.07) is 12.1. The molecule has 3 aromatic rings. The first-order chi connectivity index (χ1) is 13.6. The van der Waals surface area contributed by atoms with Crippen LogP contribution < -0.4 is 10.6 Å². The van der Waals surface area contributed by atoms with E-state index in [2.05, 4.69) is 20.6 Å². The highest BCUT2D eigenvalue weighted by atomic mass is 32.1. The number of nitro benzene ring substituents is 1. The van der Waals surface area contributed by atoms with Crippen molar-refractivity contribution in [2.24, 2.45) is 0 Å². The van der Waals surface area contributed by atoms with Crippen molar-refractivity contribution in [3.05, 3.63) is 80.6 Å². The predicted molar refractivity (Wildman–Crippen MR) is 107 cm³/mol. The maximum Gasteiger partial charge on any atom is 0.292 e. The molecule has 0 bridgehead atoms. The van der Waals surface area contributed by atoms with E-state index in [1.165, 1.54) is 17.4 Å². The maximum absolute atomic E-state index is 12.1. The molecule has 28 heavy (non-hydrogen) atoms. The number of hydrogen-bond acceptors (Lipinski definition) is 7. The van der Waals surface area contributed by atoms with Crippen molar-refractivity contribution in [3.63, 3.8) is 0 Å². The quantitative estimate of drug-likeness (QED) is 0.326. The number of carbonyl (C=O) groups excluding carboxylic acids is 1. The zero-order valence-corrected chi connectivity index (χ0v) is 15.8. The molecule has 144 valence electrons. The molecule has 2 heterocycles. The molecule has 8 nitrogen and oxygen atoms in total. The van der Waals surface area contributed by atoms with E-state index in [1.807, 2.05) is 23.6 Å². The summed E-state index contributed by atoms with van der Waals surface area (Å²) in [5.74, 6) is -0.140. The summed E-state index contributed by atoms with van der Waals surface area (Å²) in [5, 5.41) is 19.5. The second-order valence-corrected chi connectivity index (χ2v) is 6.90. The third-order valence-electron chi connectivity index (χ3n) is 3.86. The molecule has 0 fully saturated rings. The normalized spacial score (nSPS) is 10.4. The molecule has 0 aliphatic carbocycles. The van der Waals surface area contributed by atoms with Crippen molar-refractivity contribution in [2.45, 2.75) is 12.8 Å². The van der Waals surface area contributed by atoms with Crippen LogP contribution >= 0.6 is 11.3 Å². The molecule has 0 atom stereocenters. The summed E-state index contributed by atoms with van der Waals surface area (Å²) >= 11 is 1.51. The van der Waals surface area contributed by atoms with E-state index in [4.69, 9.17) is 0 Å². The van der Waals surface area contributed by atoms with Gasteiger partial charge in [0.05, 0.1) is 22.0 Å². The van der Waals surface area contributed by atoms with Crippen molar-refractivity contribution >= 4 is 28.6 Å². The van der Waals surface area contributed by atoms with Gasteiger partial charge in [0.15, 0.2) is 0 Å². The number of carbonyl (C=O) groups is 1. The van der Waals surface area contributed by atoms with Crippen LogP contribution in [-0.2, 0) is 17.6 Å². The third kappa shape index (κ3) is 5.58. The fraction of sp³-hybridized carbons (Fsp3) is 0.211. The van der Waals surface area contributed by atoms with Gasteiger partial charge in [-0.15, -0.1) is 11.3 Å². The molecule has 2 N–H and O–H groups in total. The van der Waals surface area contributed by atoms with Gasteiger partial charge in [-0.05, 0) is 18.2 Å². The van der Waals surface area contributed by atoms with Crippen LogP contribution in [0.2, 0.25) is 0 Å². The number of anilines is 1. The zero-order chi connectivity index (χ0) is 19.8. The van der Waals surface area contributed by atoms with E-state index in [1.54, 1.807) is 24.4 Å². The molecule has 0 aliphatic heterocycles. The summed E-state index contributed by atoms with van der Waals surface area (Å²) in [4.78, 5) is 31.4. The highest BCUT2D eigenvalue weighted by Crippen LogP contribution is 2.22. The first kappa shape index (κ1) is 19.4. The molecular formula is C19H19N5O3S. The lowest BCUT2D eigenvalue weighted by atomic mass is 10.2. The lowest BCUT2D eigenvalue weighted by Gasteiger charge is -2.08. The van der Waals surface area contributed by atoms with E-state index in [0.29, 0.717) is 25.2 Å². The highest BCUT2D eigenvalue weighted by molar-refractivity contribution is 7.09. The number of para-hydroxylation sites is 2. The SMILES string of the molecule is O=C(Cc1csc(Cc2ccccn2)n1)NCCNc1ccccc1[N+](=O)[O-]. The lowest BCUT2D eigenvalue weighted by Crippen LogP contribution is -2.30. The van der Waals surface area contributed by atoms with Crippen LogP contribution in [-0.4, -0.2) is 33.9 Å². The fourth-order valence-electron chi connectivity index (χ4n) is 2.58. The average molecular weight is 397 g/mol. The minimum Gasteiger partial charge on any atom is -0.378 e. The van der Waals surface area contributed by atoms with Crippen molar-refractivity contribution in [3.8, 4) is 0 Å². The minimum absolute atomic E-state index is 0.0109. The number of benzene rings is 1. The molecule has 2 aromatic heterocycles. The van der Waals surface area contributed by atoms with Gasteiger partial charge in [-0.25, -0.2) is 4.98 Å². The van der Waals surface area contributed by atoms with Gasteiger partial charge in [0.2, 0.25) is 5.91 Å². The molecule has 3 rings (SSSR count). The van der Waals surface area contributed by atoms with Gasteiger partial charge in [-0.3, -0.25) is 19.9 Å². The van der Waals surface area contributed by atoms with Crippen molar-refractivity contribution < 1.29 is 9.72 Å². The summed E-state index contributed by atoms with van der Waals surface area (Å²) < 4.78 is 0.